The third-order valence-electron chi connectivity index (χ3n) is 3.34. The highest BCUT2D eigenvalue weighted by atomic mass is 16.5. The fourth-order valence-electron chi connectivity index (χ4n) is 1.80. The highest BCUT2D eigenvalue weighted by Crippen LogP contribution is 2.28. The van der Waals surface area contributed by atoms with Crippen molar-refractivity contribution < 1.29 is 14.3 Å². The number of methoxy groups -OCH3 is 1. The molecule has 1 aromatic carbocycles. The predicted octanol–water partition coefficient (Wildman–Crippen LogP) is 1.97. The molecule has 0 saturated carbocycles. The van der Waals surface area contributed by atoms with Crippen molar-refractivity contribution in [1.29, 1.82) is 0 Å². The molecule has 0 radical (unpaired) electrons. The van der Waals surface area contributed by atoms with Crippen LogP contribution in [-0.2, 0) is 9.59 Å². The van der Waals surface area contributed by atoms with Gasteiger partial charge in [-0.2, -0.15) is 0 Å². The maximum absolute atomic E-state index is 12.0. The Hall–Kier alpha value is -2.08. The number of benzene rings is 1. The van der Waals surface area contributed by atoms with Crippen LogP contribution in [-0.4, -0.2) is 25.0 Å². The third kappa shape index (κ3) is 4.75. The van der Waals surface area contributed by atoms with Crippen LogP contribution in [0, 0.1) is 5.92 Å². The Kier molecular flexibility index (Phi) is 6.17. The lowest BCUT2D eigenvalue weighted by Gasteiger charge is -2.18. The number of carbonyl (C=O) groups excluding carboxylic acids is 2. The fourth-order valence-corrected chi connectivity index (χ4v) is 1.80. The molecule has 6 nitrogen and oxygen atoms in total. The zero-order valence-electron chi connectivity index (χ0n) is 12.9. The number of rotatable bonds is 6. The largest absolute Gasteiger partial charge is 0.494 e. The summed E-state index contributed by atoms with van der Waals surface area (Å²) >= 11 is 0. The Morgan fingerprint density at radius 3 is 2.52 bits per heavy atom. The molecule has 0 heterocycles. The highest BCUT2D eigenvalue weighted by molar-refractivity contribution is 5.96. The van der Waals surface area contributed by atoms with Crippen LogP contribution in [0.1, 0.15) is 27.2 Å². The van der Waals surface area contributed by atoms with Crippen LogP contribution < -0.4 is 21.1 Å². The van der Waals surface area contributed by atoms with Crippen molar-refractivity contribution in [2.24, 2.45) is 11.7 Å². The lowest BCUT2D eigenvalue weighted by atomic mass is 9.99. The lowest BCUT2D eigenvalue weighted by molar-refractivity contribution is -0.118. The molecule has 0 saturated heterocycles. The second-order valence-corrected chi connectivity index (χ2v) is 5.00. The van der Waals surface area contributed by atoms with Crippen LogP contribution >= 0.6 is 0 Å². The summed E-state index contributed by atoms with van der Waals surface area (Å²) in [4.78, 5) is 23.1. The van der Waals surface area contributed by atoms with Crippen molar-refractivity contribution in [2.75, 3.05) is 17.7 Å². The first-order chi connectivity index (χ1) is 9.88. The van der Waals surface area contributed by atoms with Crippen LogP contribution in [0.2, 0.25) is 0 Å². The Labute approximate surface area is 125 Å². The van der Waals surface area contributed by atoms with E-state index in [2.05, 4.69) is 10.6 Å². The summed E-state index contributed by atoms with van der Waals surface area (Å²) in [5.74, 6) is 0.146. The van der Waals surface area contributed by atoms with Gasteiger partial charge in [-0.25, -0.2) is 0 Å². The zero-order valence-corrected chi connectivity index (χ0v) is 12.9. The molecule has 1 aromatic rings. The number of hydrogen-bond donors (Lipinski definition) is 3. The van der Waals surface area contributed by atoms with E-state index in [4.69, 9.17) is 10.5 Å². The van der Waals surface area contributed by atoms with E-state index in [1.54, 1.807) is 18.2 Å². The highest BCUT2D eigenvalue weighted by Gasteiger charge is 2.19. The molecule has 0 spiro atoms. The smallest absolute Gasteiger partial charge is 0.241 e. The Bertz CT molecular complexity index is 517. The van der Waals surface area contributed by atoms with Gasteiger partial charge in [0.2, 0.25) is 11.8 Å². The van der Waals surface area contributed by atoms with Crippen molar-refractivity contribution in [3.63, 3.8) is 0 Å². The van der Waals surface area contributed by atoms with E-state index in [0.717, 1.165) is 6.42 Å². The van der Waals surface area contributed by atoms with Crippen molar-refractivity contribution in [1.82, 2.24) is 0 Å². The topological polar surface area (TPSA) is 93.5 Å². The van der Waals surface area contributed by atoms with Crippen LogP contribution in [0.5, 0.6) is 5.75 Å². The zero-order chi connectivity index (χ0) is 16.0. The summed E-state index contributed by atoms with van der Waals surface area (Å²) < 4.78 is 5.20. The number of hydrogen-bond acceptors (Lipinski definition) is 4. The molecule has 0 aliphatic heterocycles. The van der Waals surface area contributed by atoms with Crippen molar-refractivity contribution in [2.45, 2.75) is 33.2 Å². The molecular formula is C15H23N3O3. The van der Waals surface area contributed by atoms with E-state index >= 15 is 0 Å². The van der Waals surface area contributed by atoms with Gasteiger partial charge in [-0.05, 0) is 18.1 Å². The minimum absolute atomic E-state index is 0.102. The molecule has 6 heteroatoms. The molecule has 1 unspecified atom stereocenters. The molecule has 0 aliphatic rings. The molecule has 116 valence electrons. The molecule has 21 heavy (non-hydrogen) atoms. The van der Waals surface area contributed by atoms with Gasteiger partial charge in [0.15, 0.2) is 0 Å². The normalized spacial score (nSPS) is 13.2. The van der Waals surface area contributed by atoms with E-state index in [-0.39, 0.29) is 17.7 Å². The van der Waals surface area contributed by atoms with Gasteiger partial charge in [0.1, 0.15) is 5.75 Å². The second kappa shape index (κ2) is 7.64. The SMILES string of the molecule is CCC(C)[C@H](N)C(=O)Nc1ccc(NC(C)=O)c(OC)c1. The minimum Gasteiger partial charge on any atom is -0.494 e. The number of nitrogens with one attached hydrogen (secondary N) is 2. The summed E-state index contributed by atoms with van der Waals surface area (Å²) in [6.07, 6.45) is 0.833. The summed E-state index contributed by atoms with van der Waals surface area (Å²) in [5.41, 5.74) is 7.01. The fraction of sp³-hybridized carbons (Fsp3) is 0.467. The van der Waals surface area contributed by atoms with E-state index in [1.807, 2.05) is 13.8 Å². The summed E-state index contributed by atoms with van der Waals surface area (Å²) in [5, 5.41) is 5.41. The van der Waals surface area contributed by atoms with Gasteiger partial charge >= 0.3 is 0 Å². The Morgan fingerprint density at radius 2 is 2.00 bits per heavy atom. The number of carbonyl (C=O) groups is 2. The van der Waals surface area contributed by atoms with Gasteiger partial charge in [-0.15, -0.1) is 0 Å². The van der Waals surface area contributed by atoms with Gasteiger partial charge in [0.05, 0.1) is 18.8 Å². The van der Waals surface area contributed by atoms with E-state index in [0.29, 0.717) is 17.1 Å². The van der Waals surface area contributed by atoms with E-state index in [9.17, 15) is 9.59 Å². The number of nitrogens with two attached hydrogens (primary N) is 1. The van der Waals surface area contributed by atoms with Crippen LogP contribution in [0.3, 0.4) is 0 Å². The molecule has 2 atom stereocenters. The van der Waals surface area contributed by atoms with Crippen LogP contribution in [0.4, 0.5) is 11.4 Å². The summed E-state index contributed by atoms with van der Waals surface area (Å²) in [6.45, 7) is 5.34. The van der Waals surface area contributed by atoms with E-state index < -0.39 is 6.04 Å². The van der Waals surface area contributed by atoms with Crippen molar-refractivity contribution in [3.05, 3.63) is 18.2 Å². The summed E-state index contributed by atoms with van der Waals surface area (Å²) in [7, 11) is 1.50. The maximum atomic E-state index is 12.0. The molecule has 0 aliphatic carbocycles. The first-order valence-corrected chi connectivity index (χ1v) is 6.91. The quantitative estimate of drug-likeness (QED) is 0.747. The lowest BCUT2D eigenvalue weighted by Crippen LogP contribution is -2.40. The standard InChI is InChI=1S/C15H23N3O3/c1-5-9(2)14(16)15(20)18-11-6-7-12(17-10(3)19)13(8-11)21-4/h6-9,14H,5,16H2,1-4H3,(H,17,19)(H,18,20)/t9?,14-/m0/s1. The molecule has 4 N–H and O–H groups in total. The second-order valence-electron chi connectivity index (χ2n) is 5.00. The number of amides is 2. The molecule has 1 rings (SSSR count). The van der Waals surface area contributed by atoms with Gasteiger partial charge in [-0.3, -0.25) is 9.59 Å². The maximum Gasteiger partial charge on any atom is 0.241 e. The molecule has 0 bridgehead atoms. The minimum atomic E-state index is -0.559. The van der Waals surface area contributed by atoms with Gasteiger partial charge in [-0.1, -0.05) is 20.3 Å². The van der Waals surface area contributed by atoms with Crippen LogP contribution in [0.25, 0.3) is 0 Å². The van der Waals surface area contributed by atoms with Gasteiger partial charge in [0, 0.05) is 18.7 Å². The number of anilines is 2. The van der Waals surface area contributed by atoms with Gasteiger partial charge < -0.3 is 21.1 Å². The first kappa shape index (κ1) is 17.0. The van der Waals surface area contributed by atoms with Gasteiger partial charge in [0.25, 0.3) is 0 Å². The molecule has 2 amide bonds. The van der Waals surface area contributed by atoms with E-state index in [1.165, 1.54) is 14.0 Å². The first-order valence-electron chi connectivity index (χ1n) is 6.91. The molecule has 0 aromatic heterocycles. The summed E-state index contributed by atoms with van der Waals surface area (Å²) in [6, 6.07) is 4.45. The number of ether oxygens (including phenoxy) is 1. The van der Waals surface area contributed by atoms with Crippen molar-refractivity contribution >= 4 is 23.2 Å². The average Bonchev–Trinajstić information content (AvgIpc) is 2.46. The average molecular weight is 293 g/mol. The molecular weight excluding hydrogens is 270 g/mol. The Morgan fingerprint density at radius 1 is 1.33 bits per heavy atom. The van der Waals surface area contributed by atoms with Crippen molar-refractivity contribution in [3.8, 4) is 5.75 Å². The third-order valence-corrected chi connectivity index (χ3v) is 3.34. The monoisotopic (exact) mass is 293 g/mol. The van der Waals surface area contributed by atoms with Crippen LogP contribution in [0.15, 0.2) is 18.2 Å². The predicted molar refractivity (Wildman–Crippen MR) is 83.4 cm³/mol. The molecule has 0 fully saturated rings. The Balaban J connectivity index is 2.85.